The predicted octanol–water partition coefficient (Wildman–Crippen LogP) is 1.15. The van der Waals surface area contributed by atoms with Gasteiger partial charge in [0.15, 0.2) is 5.82 Å². The lowest BCUT2D eigenvalue weighted by Crippen LogP contribution is -2.32. The predicted molar refractivity (Wildman–Crippen MR) is 71.3 cm³/mol. The van der Waals surface area contributed by atoms with Crippen molar-refractivity contribution in [1.29, 1.82) is 0 Å². The Morgan fingerprint density at radius 2 is 2.41 bits per heavy atom. The van der Waals surface area contributed by atoms with Gasteiger partial charge in [0.1, 0.15) is 18.2 Å². The third kappa shape index (κ3) is 3.01. The quantitative estimate of drug-likeness (QED) is 0.869. The first kappa shape index (κ1) is 12.4. The van der Waals surface area contributed by atoms with Crippen LogP contribution in [0.4, 0.5) is 11.6 Å². The average Bonchev–Trinajstić information content (AvgIpc) is 2.81. The minimum Gasteiger partial charge on any atom is -0.384 e. The topological polar surface area (TPSA) is 64.3 Å². The van der Waals surface area contributed by atoms with E-state index >= 15 is 0 Å². The molecule has 17 heavy (non-hydrogen) atoms. The summed E-state index contributed by atoms with van der Waals surface area (Å²) in [6, 6.07) is 2.37. The number of rotatable bonds is 4. The molecule has 1 saturated heterocycles. The fraction of sp³-hybridized carbons (Fsp3) is 0.636. The maximum absolute atomic E-state index is 5.79. The molecule has 0 bridgehead atoms. The summed E-state index contributed by atoms with van der Waals surface area (Å²) in [6.07, 6.45) is 1.20. The van der Waals surface area contributed by atoms with Gasteiger partial charge in [-0.3, -0.25) is 0 Å². The van der Waals surface area contributed by atoms with Gasteiger partial charge < -0.3 is 15.4 Å². The van der Waals surface area contributed by atoms with Gasteiger partial charge in [-0.15, -0.1) is 0 Å². The van der Waals surface area contributed by atoms with Gasteiger partial charge in [-0.25, -0.2) is 9.97 Å². The van der Waals surface area contributed by atoms with E-state index in [-0.39, 0.29) is 0 Å². The number of thioether (sulfide) groups is 1. The monoisotopic (exact) mass is 254 g/mol. The number of aromatic nitrogens is 2. The first-order valence-corrected chi connectivity index (χ1v) is 6.79. The Bertz CT molecular complexity index is 382. The van der Waals surface area contributed by atoms with Crippen molar-refractivity contribution >= 4 is 23.4 Å². The molecule has 1 atom stereocenters. The Kier molecular flexibility index (Phi) is 4.06. The number of hydrogen-bond donors (Lipinski definition) is 1. The third-order valence-corrected chi connectivity index (χ3v) is 4.01. The second kappa shape index (κ2) is 5.55. The Labute approximate surface area is 106 Å². The molecule has 1 aliphatic heterocycles. The molecule has 1 aliphatic rings. The van der Waals surface area contributed by atoms with Gasteiger partial charge in [-0.2, -0.15) is 11.8 Å². The molecule has 1 aromatic heterocycles. The first-order valence-electron chi connectivity index (χ1n) is 5.63. The second-order valence-electron chi connectivity index (χ2n) is 4.13. The number of ether oxygens (including phenoxy) is 1. The van der Waals surface area contributed by atoms with Crippen molar-refractivity contribution in [1.82, 2.24) is 9.97 Å². The lowest BCUT2D eigenvalue weighted by Gasteiger charge is -2.25. The minimum absolute atomic E-state index is 0.394. The van der Waals surface area contributed by atoms with Gasteiger partial charge in [-0.1, -0.05) is 0 Å². The van der Waals surface area contributed by atoms with Crippen LogP contribution in [0.15, 0.2) is 6.07 Å². The van der Waals surface area contributed by atoms with Gasteiger partial charge in [0.25, 0.3) is 0 Å². The van der Waals surface area contributed by atoms with E-state index in [9.17, 15) is 0 Å². The van der Waals surface area contributed by atoms with Crippen LogP contribution in [0, 0.1) is 0 Å². The van der Waals surface area contributed by atoms with E-state index in [1.807, 2.05) is 17.8 Å². The normalized spacial score (nSPS) is 19.5. The second-order valence-corrected chi connectivity index (χ2v) is 5.28. The standard InChI is InChI=1S/C11H18N4OS/c1-15(8-3-4-17-7-8)11-5-9(12)13-10(14-11)6-16-2/h5,8H,3-4,6-7H2,1-2H3,(H2,12,13,14). The molecule has 5 nitrogen and oxygen atoms in total. The zero-order valence-corrected chi connectivity index (χ0v) is 11.0. The van der Waals surface area contributed by atoms with Crippen LogP contribution in [0.1, 0.15) is 12.2 Å². The average molecular weight is 254 g/mol. The summed E-state index contributed by atoms with van der Waals surface area (Å²) < 4.78 is 5.04. The minimum atomic E-state index is 0.394. The molecule has 1 fully saturated rings. The van der Waals surface area contributed by atoms with Crippen LogP contribution < -0.4 is 10.6 Å². The Morgan fingerprint density at radius 1 is 1.59 bits per heavy atom. The van der Waals surface area contributed by atoms with Crippen LogP contribution >= 0.6 is 11.8 Å². The van der Waals surface area contributed by atoms with E-state index in [1.54, 1.807) is 7.11 Å². The van der Waals surface area contributed by atoms with Crippen LogP contribution in [0.2, 0.25) is 0 Å². The van der Waals surface area contributed by atoms with Crippen LogP contribution in [0.5, 0.6) is 0 Å². The molecule has 1 aromatic rings. The fourth-order valence-corrected chi connectivity index (χ4v) is 3.16. The Balaban J connectivity index is 2.18. The zero-order chi connectivity index (χ0) is 12.3. The van der Waals surface area contributed by atoms with E-state index in [0.29, 0.717) is 24.3 Å². The smallest absolute Gasteiger partial charge is 0.158 e. The van der Waals surface area contributed by atoms with Crippen molar-refractivity contribution in [2.24, 2.45) is 0 Å². The van der Waals surface area contributed by atoms with E-state index in [2.05, 4.69) is 21.9 Å². The number of nitrogen functional groups attached to an aromatic ring is 1. The molecule has 2 rings (SSSR count). The number of nitrogens with two attached hydrogens (primary N) is 1. The maximum atomic E-state index is 5.79. The van der Waals surface area contributed by atoms with Gasteiger partial charge in [0, 0.05) is 32.0 Å². The molecule has 0 aliphatic carbocycles. The number of anilines is 2. The molecular weight excluding hydrogens is 236 g/mol. The third-order valence-electron chi connectivity index (χ3n) is 2.87. The lowest BCUT2D eigenvalue weighted by atomic mass is 10.2. The maximum Gasteiger partial charge on any atom is 0.158 e. The number of methoxy groups -OCH3 is 1. The van der Waals surface area contributed by atoms with E-state index in [4.69, 9.17) is 10.5 Å². The number of nitrogens with zero attached hydrogens (tertiary/aromatic N) is 3. The van der Waals surface area contributed by atoms with Gasteiger partial charge >= 0.3 is 0 Å². The summed E-state index contributed by atoms with van der Waals surface area (Å²) in [6.45, 7) is 0.394. The molecule has 0 amide bonds. The largest absolute Gasteiger partial charge is 0.384 e. The Morgan fingerprint density at radius 3 is 3.06 bits per heavy atom. The van der Waals surface area contributed by atoms with Gasteiger partial charge in [0.05, 0.1) is 0 Å². The molecular formula is C11H18N4OS. The molecule has 0 aromatic carbocycles. The van der Waals surface area contributed by atoms with Crippen molar-refractivity contribution < 1.29 is 4.74 Å². The van der Waals surface area contributed by atoms with Crippen molar-refractivity contribution in [3.8, 4) is 0 Å². The van der Waals surface area contributed by atoms with Gasteiger partial charge in [-0.05, 0) is 12.2 Å². The highest BCUT2D eigenvalue weighted by molar-refractivity contribution is 7.99. The van der Waals surface area contributed by atoms with Crippen LogP contribution in [0.25, 0.3) is 0 Å². The summed E-state index contributed by atoms with van der Waals surface area (Å²) in [7, 11) is 3.69. The van der Waals surface area contributed by atoms with Crippen LogP contribution in [-0.4, -0.2) is 41.7 Å². The van der Waals surface area contributed by atoms with Crippen molar-refractivity contribution in [3.63, 3.8) is 0 Å². The lowest BCUT2D eigenvalue weighted by molar-refractivity contribution is 0.178. The van der Waals surface area contributed by atoms with E-state index in [0.717, 1.165) is 11.6 Å². The van der Waals surface area contributed by atoms with E-state index in [1.165, 1.54) is 12.2 Å². The molecule has 2 heterocycles. The van der Waals surface area contributed by atoms with Crippen LogP contribution in [-0.2, 0) is 11.3 Å². The summed E-state index contributed by atoms with van der Waals surface area (Å²) in [5, 5.41) is 0. The molecule has 0 saturated carbocycles. The van der Waals surface area contributed by atoms with Crippen molar-refractivity contribution in [2.45, 2.75) is 19.1 Å². The summed E-state index contributed by atoms with van der Waals surface area (Å²) in [5.41, 5.74) is 5.79. The molecule has 1 unspecified atom stereocenters. The zero-order valence-electron chi connectivity index (χ0n) is 10.2. The highest BCUT2D eigenvalue weighted by atomic mass is 32.2. The van der Waals surface area contributed by atoms with Crippen molar-refractivity contribution in [3.05, 3.63) is 11.9 Å². The van der Waals surface area contributed by atoms with Gasteiger partial charge in [0.2, 0.25) is 0 Å². The molecule has 94 valence electrons. The first-order chi connectivity index (χ1) is 8.20. The van der Waals surface area contributed by atoms with Crippen LogP contribution in [0.3, 0.4) is 0 Å². The summed E-state index contributed by atoms with van der Waals surface area (Å²) >= 11 is 1.98. The highest BCUT2D eigenvalue weighted by Crippen LogP contribution is 2.25. The molecule has 2 N–H and O–H groups in total. The molecule has 6 heteroatoms. The Hall–Kier alpha value is -1.01. The summed E-state index contributed by atoms with van der Waals surface area (Å²) in [5.74, 6) is 4.40. The number of hydrogen-bond acceptors (Lipinski definition) is 6. The molecule has 0 radical (unpaired) electrons. The molecule has 0 spiro atoms. The van der Waals surface area contributed by atoms with E-state index < -0.39 is 0 Å². The fourth-order valence-electron chi connectivity index (χ4n) is 1.89. The summed E-state index contributed by atoms with van der Waals surface area (Å²) in [4.78, 5) is 10.8. The van der Waals surface area contributed by atoms with Crippen molar-refractivity contribution in [2.75, 3.05) is 36.3 Å². The SMILES string of the molecule is COCc1nc(N)cc(N(C)C2CCSC2)n1. The highest BCUT2D eigenvalue weighted by Gasteiger charge is 2.21.